The molecule has 3 N–H and O–H groups in total. The van der Waals surface area contributed by atoms with Crippen LogP contribution in [0, 0.1) is 0 Å². The number of nitrogens with one attached hydrogen (secondary N) is 2. The Bertz CT molecular complexity index is 1000. The van der Waals surface area contributed by atoms with Crippen LogP contribution in [0.4, 0.5) is 16.2 Å². The molecule has 0 radical (unpaired) electrons. The van der Waals surface area contributed by atoms with E-state index in [-0.39, 0.29) is 4.90 Å². The number of hydrogen-bond donors (Lipinski definition) is 3. The van der Waals surface area contributed by atoms with Crippen LogP contribution in [0.3, 0.4) is 0 Å². The molecule has 24 heavy (non-hydrogen) atoms. The van der Waals surface area contributed by atoms with Gasteiger partial charge in [-0.05, 0) is 24.3 Å². The van der Waals surface area contributed by atoms with E-state index in [9.17, 15) is 17.8 Å². The molecular formula is C17H14N2O4S. The van der Waals surface area contributed by atoms with Crippen LogP contribution < -0.4 is 10.6 Å². The van der Waals surface area contributed by atoms with Crippen molar-refractivity contribution >= 4 is 38.3 Å². The van der Waals surface area contributed by atoms with Crippen LogP contribution in [0.5, 0.6) is 0 Å². The maximum Gasteiger partial charge on any atom is 0.323 e. The molecule has 3 rings (SSSR count). The second-order valence-corrected chi connectivity index (χ2v) is 6.47. The van der Waals surface area contributed by atoms with Crippen molar-refractivity contribution in [3.8, 4) is 0 Å². The second-order valence-electron chi connectivity index (χ2n) is 5.08. The number of carbonyl (C=O) groups is 1. The van der Waals surface area contributed by atoms with E-state index < -0.39 is 16.1 Å². The molecule has 0 bridgehead atoms. The van der Waals surface area contributed by atoms with E-state index in [4.69, 9.17) is 0 Å². The zero-order valence-electron chi connectivity index (χ0n) is 12.4. The highest BCUT2D eigenvalue weighted by molar-refractivity contribution is 7.86. The van der Waals surface area contributed by atoms with Gasteiger partial charge in [0, 0.05) is 16.5 Å². The van der Waals surface area contributed by atoms with Gasteiger partial charge in [-0.3, -0.25) is 4.55 Å². The summed E-state index contributed by atoms with van der Waals surface area (Å²) < 4.78 is 32.3. The standard InChI is InChI=1S/C17H14N2O4S/c20-17(18-12-6-2-1-3-7-12)19-15-10-11-16(24(21,22)23)14-9-5-4-8-13(14)15/h1-11H,(H2,18,19,20)(H,21,22,23). The highest BCUT2D eigenvalue weighted by Crippen LogP contribution is 2.29. The molecule has 6 nitrogen and oxygen atoms in total. The summed E-state index contributed by atoms with van der Waals surface area (Å²) in [6.45, 7) is 0. The van der Waals surface area contributed by atoms with Gasteiger partial charge in [0.2, 0.25) is 0 Å². The fraction of sp³-hybridized carbons (Fsp3) is 0. The van der Waals surface area contributed by atoms with E-state index in [1.807, 2.05) is 6.07 Å². The summed E-state index contributed by atoms with van der Waals surface area (Å²) in [6, 6.07) is 17.8. The van der Waals surface area contributed by atoms with Gasteiger partial charge in [0.25, 0.3) is 10.1 Å². The lowest BCUT2D eigenvalue weighted by atomic mass is 10.1. The molecule has 0 aliphatic heterocycles. The molecule has 2 amide bonds. The van der Waals surface area contributed by atoms with Crippen LogP contribution >= 0.6 is 0 Å². The number of amides is 2. The van der Waals surface area contributed by atoms with Gasteiger partial charge in [0.15, 0.2) is 0 Å². The monoisotopic (exact) mass is 342 g/mol. The molecule has 0 saturated heterocycles. The highest BCUT2D eigenvalue weighted by atomic mass is 32.2. The van der Waals surface area contributed by atoms with Crippen molar-refractivity contribution in [2.24, 2.45) is 0 Å². The van der Waals surface area contributed by atoms with E-state index >= 15 is 0 Å². The Morgan fingerprint density at radius 2 is 1.42 bits per heavy atom. The highest BCUT2D eigenvalue weighted by Gasteiger charge is 2.16. The lowest BCUT2D eigenvalue weighted by Crippen LogP contribution is -2.19. The molecule has 0 atom stereocenters. The first-order chi connectivity index (χ1) is 11.4. The quantitative estimate of drug-likeness (QED) is 0.632. The Labute approximate surface area is 138 Å². The Kier molecular flexibility index (Phi) is 4.20. The SMILES string of the molecule is O=C(Nc1ccccc1)Nc1ccc(S(=O)(=O)O)c2ccccc12. The van der Waals surface area contributed by atoms with Crippen LogP contribution in [0.1, 0.15) is 0 Å². The maximum absolute atomic E-state index is 12.1. The molecular weight excluding hydrogens is 328 g/mol. The average Bonchev–Trinajstić information content (AvgIpc) is 2.55. The number of hydrogen-bond acceptors (Lipinski definition) is 3. The zero-order valence-corrected chi connectivity index (χ0v) is 13.2. The number of benzene rings is 3. The molecule has 0 fully saturated rings. The number of carbonyl (C=O) groups excluding carboxylic acids is 1. The summed E-state index contributed by atoms with van der Waals surface area (Å²) in [4.78, 5) is 11.9. The van der Waals surface area contributed by atoms with Gasteiger partial charge in [-0.15, -0.1) is 0 Å². The molecule has 0 spiro atoms. The minimum atomic E-state index is -4.35. The van der Waals surface area contributed by atoms with Gasteiger partial charge in [-0.25, -0.2) is 4.79 Å². The minimum absolute atomic E-state index is 0.202. The number of fused-ring (bicyclic) bond motifs is 1. The fourth-order valence-electron chi connectivity index (χ4n) is 2.41. The van der Waals surface area contributed by atoms with Gasteiger partial charge in [-0.1, -0.05) is 42.5 Å². The average molecular weight is 342 g/mol. The largest absolute Gasteiger partial charge is 0.323 e. The van der Waals surface area contributed by atoms with Crippen molar-refractivity contribution < 1.29 is 17.8 Å². The molecule has 0 aliphatic rings. The van der Waals surface area contributed by atoms with E-state index in [0.29, 0.717) is 22.1 Å². The number of urea groups is 1. The summed E-state index contributed by atoms with van der Waals surface area (Å²) in [5.74, 6) is 0. The van der Waals surface area contributed by atoms with Crippen molar-refractivity contribution in [2.75, 3.05) is 10.6 Å². The second kappa shape index (κ2) is 6.31. The Hall–Kier alpha value is -2.90. The van der Waals surface area contributed by atoms with Gasteiger partial charge in [-0.2, -0.15) is 8.42 Å². The maximum atomic E-state index is 12.1. The molecule has 0 heterocycles. The Morgan fingerprint density at radius 3 is 2.08 bits per heavy atom. The summed E-state index contributed by atoms with van der Waals surface area (Å²) in [5, 5.41) is 6.21. The topological polar surface area (TPSA) is 95.5 Å². The normalized spacial score (nSPS) is 11.2. The van der Waals surface area contributed by atoms with Crippen LogP contribution in [-0.2, 0) is 10.1 Å². The predicted octanol–water partition coefficient (Wildman–Crippen LogP) is 3.73. The molecule has 0 aromatic heterocycles. The zero-order chi connectivity index (χ0) is 17.2. The van der Waals surface area contributed by atoms with E-state index in [1.165, 1.54) is 12.1 Å². The minimum Gasteiger partial charge on any atom is -0.308 e. The van der Waals surface area contributed by atoms with Crippen LogP contribution in [0.15, 0.2) is 71.6 Å². The number of rotatable bonds is 3. The van der Waals surface area contributed by atoms with Gasteiger partial charge < -0.3 is 10.6 Å². The first kappa shape index (κ1) is 16.0. The molecule has 0 aliphatic carbocycles. The van der Waals surface area contributed by atoms with Crippen molar-refractivity contribution in [1.82, 2.24) is 0 Å². The smallest absolute Gasteiger partial charge is 0.308 e. The molecule has 3 aromatic carbocycles. The third kappa shape index (κ3) is 3.37. The summed E-state index contributed by atoms with van der Waals surface area (Å²) in [5.41, 5.74) is 1.07. The van der Waals surface area contributed by atoms with E-state index in [0.717, 1.165) is 0 Å². The summed E-state index contributed by atoms with van der Waals surface area (Å²) in [6.07, 6.45) is 0. The van der Waals surface area contributed by atoms with Crippen molar-refractivity contribution in [1.29, 1.82) is 0 Å². The number of para-hydroxylation sites is 1. The number of anilines is 2. The van der Waals surface area contributed by atoms with Crippen molar-refractivity contribution in [2.45, 2.75) is 4.90 Å². The molecule has 7 heteroatoms. The van der Waals surface area contributed by atoms with Crippen molar-refractivity contribution in [3.63, 3.8) is 0 Å². The van der Waals surface area contributed by atoms with E-state index in [1.54, 1.807) is 48.5 Å². The summed E-state index contributed by atoms with van der Waals surface area (Å²) >= 11 is 0. The first-order valence-electron chi connectivity index (χ1n) is 7.07. The fourth-order valence-corrected chi connectivity index (χ4v) is 3.11. The van der Waals surface area contributed by atoms with Crippen LogP contribution in [-0.4, -0.2) is 19.0 Å². The van der Waals surface area contributed by atoms with Gasteiger partial charge in [0.1, 0.15) is 4.90 Å². The van der Waals surface area contributed by atoms with Crippen LogP contribution in [0.25, 0.3) is 10.8 Å². The lowest BCUT2D eigenvalue weighted by molar-refractivity contribution is 0.262. The van der Waals surface area contributed by atoms with E-state index in [2.05, 4.69) is 10.6 Å². The lowest BCUT2D eigenvalue weighted by Gasteiger charge is -2.12. The Morgan fingerprint density at radius 1 is 0.792 bits per heavy atom. The molecule has 0 unspecified atom stereocenters. The molecule has 0 saturated carbocycles. The van der Waals surface area contributed by atoms with Crippen molar-refractivity contribution in [3.05, 3.63) is 66.7 Å². The third-order valence-corrected chi connectivity index (χ3v) is 4.35. The third-order valence-electron chi connectivity index (χ3n) is 3.44. The van der Waals surface area contributed by atoms with Crippen LogP contribution in [0.2, 0.25) is 0 Å². The molecule has 122 valence electrons. The summed E-state index contributed by atoms with van der Waals surface area (Å²) in [7, 11) is -4.35. The molecule has 3 aromatic rings. The Balaban J connectivity index is 1.95. The predicted molar refractivity (Wildman–Crippen MR) is 92.8 cm³/mol. The first-order valence-corrected chi connectivity index (χ1v) is 8.51. The van der Waals surface area contributed by atoms with Gasteiger partial charge >= 0.3 is 6.03 Å². The van der Waals surface area contributed by atoms with Gasteiger partial charge in [0.05, 0.1) is 5.69 Å².